The molecule has 1 aliphatic rings. The van der Waals surface area contributed by atoms with Crippen LogP contribution >= 0.6 is 11.3 Å². The number of fused-ring (bicyclic) bond motifs is 1. The number of aryl methyl sites for hydroxylation is 2. The monoisotopic (exact) mass is 301 g/mol. The molecule has 0 saturated carbocycles. The number of nitrogens with one attached hydrogen (secondary N) is 1. The van der Waals surface area contributed by atoms with Crippen LogP contribution in [0.4, 0.5) is 10.8 Å². The first-order valence-electron chi connectivity index (χ1n) is 7.74. The third-order valence-electron chi connectivity index (χ3n) is 4.15. The van der Waals surface area contributed by atoms with Crippen molar-refractivity contribution in [2.45, 2.75) is 39.2 Å². The van der Waals surface area contributed by atoms with E-state index in [9.17, 15) is 0 Å². The minimum atomic E-state index is 0.483. The Morgan fingerprint density at radius 3 is 3.00 bits per heavy atom. The number of nitrogens with zero attached hydrogens (tertiary/aromatic N) is 2. The highest BCUT2D eigenvalue weighted by atomic mass is 32.1. The lowest BCUT2D eigenvalue weighted by molar-refractivity contribution is 0.501. The second-order valence-corrected chi connectivity index (χ2v) is 6.63. The number of anilines is 2. The van der Waals surface area contributed by atoms with Gasteiger partial charge in [-0.3, -0.25) is 0 Å². The zero-order valence-corrected chi connectivity index (χ0v) is 13.8. The third-order valence-corrected chi connectivity index (χ3v) is 5.38. The molecule has 0 radical (unpaired) electrons. The summed E-state index contributed by atoms with van der Waals surface area (Å²) in [6.07, 6.45) is 3.58. The van der Waals surface area contributed by atoms with Gasteiger partial charge in [0, 0.05) is 23.2 Å². The van der Waals surface area contributed by atoms with E-state index in [4.69, 9.17) is 4.98 Å². The number of benzene rings is 1. The summed E-state index contributed by atoms with van der Waals surface area (Å²) in [5, 5.41) is 4.57. The van der Waals surface area contributed by atoms with E-state index >= 15 is 0 Å². The molecule has 4 heteroatoms. The number of hydrogen-bond acceptors (Lipinski definition) is 4. The molecule has 1 unspecified atom stereocenters. The van der Waals surface area contributed by atoms with Gasteiger partial charge in [0.2, 0.25) is 0 Å². The van der Waals surface area contributed by atoms with E-state index in [1.807, 2.05) is 11.3 Å². The molecule has 0 bridgehead atoms. The summed E-state index contributed by atoms with van der Waals surface area (Å²) in [5.74, 6) is 0. The maximum Gasteiger partial charge on any atom is 0.190 e. The molecule has 2 aromatic rings. The molecule has 0 spiro atoms. The lowest BCUT2D eigenvalue weighted by atomic mass is 9.98. The average Bonchev–Trinajstić information content (AvgIpc) is 2.91. The van der Waals surface area contributed by atoms with E-state index in [-0.39, 0.29) is 0 Å². The third kappa shape index (κ3) is 2.83. The van der Waals surface area contributed by atoms with Crippen molar-refractivity contribution >= 4 is 22.2 Å². The van der Waals surface area contributed by atoms with Gasteiger partial charge in [0.1, 0.15) is 0 Å². The summed E-state index contributed by atoms with van der Waals surface area (Å²) in [6.45, 7) is 5.28. The average molecular weight is 301 g/mol. The first kappa shape index (κ1) is 14.5. The van der Waals surface area contributed by atoms with Crippen LogP contribution in [-0.4, -0.2) is 18.6 Å². The van der Waals surface area contributed by atoms with E-state index in [1.165, 1.54) is 34.7 Å². The van der Waals surface area contributed by atoms with Gasteiger partial charge in [0.05, 0.1) is 5.69 Å². The molecule has 1 N–H and O–H groups in total. The van der Waals surface area contributed by atoms with Gasteiger partial charge in [0.15, 0.2) is 5.13 Å². The summed E-state index contributed by atoms with van der Waals surface area (Å²) in [5.41, 5.74) is 3.83. The van der Waals surface area contributed by atoms with Crippen molar-refractivity contribution in [3.8, 4) is 0 Å². The molecular weight excluding hydrogens is 278 g/mol. The van der Waals surface area contributed by atoms with Gasteiger partial charge in [-0.1, -0.05) is 23.5 Å². The number of hydrogen-bond donors (Lipinski definition) is 1. The molecule has 21 heavy (non-hydrogen) atoms. The quantitative estimate of drug-likeness (QED) is 0.917. The topological polar surface area (TPSA) is 28.2 Å². The fraction of sp³-hybridized carbons (Fsp3) is 0.471. The molecule has 0 fully saturated rings. The molecule has 1 aromatic heterocycles. The van der Waals surface area contributed by atoms with Gasteiger partial charge in [-0.05, 0) is 57.9 Å². The summed E-state index contributed by atoms with van der Waals surface area (Å²) in [4.78, 5) is 8.69. The van der Waals surface area contributed by atoms with Crippen LogP contribution in [0.5, 0.6) is 0 Å². The van der Waals surface area contributed by atoms with Crippen molar-refractivity contribution in [1.29, 1.82) is 0 Å². The van der Waals surface area contributed by atoms with Crippen LogP contribution in [0.25, 0.3) is 0 Å². The molecule has 3 nitrogen and oxygen atoms in total. The second kappa shape index (κ2) is 6.16. The Hall–Kier alpha value is -1.39. The Labute approximate surface area is 131 Å². The SMILES string of the molecule is CCN(c1cccc(C)c1)c1nc2c(s1)C(NC)CCC2. The molecule has 3 rings (SSSR count). The van der Waals surface area contributed by atoms with Crippen molar-refractivity contribution in [2.75, 3.05) is 18.5 Å². The summed E-state index contributed by atoms with van der Waals surface area (Å²) in [7, 11) is 2.05. The number of thiazole rings is 1. The molecule has 1 heterocycles. The molecule has 112 valence electrons. The normalized spacial score (nSPS) is 17.6. The molecule has 1 aliphatic carbocycles. The Balaban J connectivity index is 1.97. The van der Waals surface area contributed by atoms with Gasteiger partial charge in [-0.15, -0.1) is 0 Å². The molecule has 1 atom stereocenters. The molecule has 1 aromatic carbocycles. The summed E-state index contributed by atoms with van der Waals surface area (Å²) < 4.78 is 0. The standard InChI is InChI=1S/C17H23N3S/c1-4-20(13-8-5-7-12(2)11-13)17-19-15-10-6-9-14(18-3)16(15)21-17/h5,7-8,11,14,18H,4,6,9-10H2,1-3H3. The molecule has 0 saturated heterocycles. The first-order chi connectivity index (χ1) is 10.2. The predicted octanol–water partition coefficient (Wildman–Crippen LogP) is 4.21. The predicted molar refractivity (Wildman–Crippen MR) is 90.7 cm³/mol. The Kier molecular flexibility index (Phi) is 4.27. The van der Waals surface area contributed by atoms with Crippen molar-refractivity contribution in [3.05, 3.63) is 40.4 Å². The lowest BCUT2D eigenvalue weighted by Crippen LogP contribution is -2.19. The summed E-state index contributed by atoms with van der Waals surface area (Å²) >= 11 is 1.85. The molecule has 0 aliphatic heterocycles. The largest absolute Gasteiger partial charge is 0.318 e. The van der Waals surface area contributed by atoms with Gasteiger partial charge >= 0.3 is 0 Å². The van der Waals surface area contributed by atoms with Crippen LogP contribution in [0.3, 0.4) is 0 Å². The smallest absolute Gasteiger partial charge is 0.190 e. The number of rotatable bonds is 4. The zero-order chi connectivity index (χ0) is 14.8. The second-order valence-electron chi connectivity index (χ2n) is 5.62. The van der Waals surface area contributed by atoms with Gasteiger partial charge in [0.25, 0.3) is 0 Å². The van der Waals surface area contributed by atoms with Gasteiger partial charge in [-0.25, -0.2) is 4.98 Å². The highest BCUT2D eigenvalue weighted by Crippen LogP contribution is 2.39. The van der Waals surface area contributed by atoms with Crippen LogP contribution < -0.4 is 10.2 Å². The minimum absolute atomic E-state index is 0.483. The maximum absolute atomic E-state index is 4.93. The van der Waals surface area contributed by atoms with E-state index in [0.29, 0.717) is 6.04 Å². The molecular formula is C17H23N3S. The fourth-order valence-electron chi connectivity index (χ4n) is 3.02. The number of aromatic nitrogens is 1. The van der Waals surface area contributed by atoms with Crippen LogP contribution in [0.1, 0.15) is 41.9 Å². The van der Waals surface area contributed by atoms with Crippen LogP contribution in [0.15, 0.2) is 24.3 Å². The van der Waals surface area contributed by atoms with Crippen LogP contribution in [-0.2, 0) is 6.42 Å². The van der Waals surface area contributed by atoms with E-state index in [2.05, 4.69) is 55.4 Å². The molecule has 0 amide bonds. The summed E-state index contributed by atoms with van der Waals surface area (Å²) in [6, 6.07) is 9.15. The van der Waals surface area contributed by atoms with Crippen molar-refractivity contribution in [1.82, 2.24) is 10.3 Å². The Morgan fingerprint density at radius 1 is 1.43 bits per heavy atom. The van der Waals surface area contributed by atoms with E-state index in [1.54, 1.807) is 0 Å². The minimum Gasteiger partial charge on any atom is -0.318 e. The van der Waals surface area contributed by atoms with Crippen molar-refractivity contribution in [2.24, 2.45) is 0 Å². The van der Waals surface area contributed by atoms with Crippen molar-refractivity contribution in [3.63, 3.8) is 0 Å². The highest BCUT2D eigenvalue weighted by Gasteiger charge is 2.25. The maximum atomic E-state index is 4.93. The van der Waals surface area contributed by atoms with Crippen LogP contribution in [0, 0.1) is 6.92 Å². The zero-order valence-electron chi connectivity index (χ0n) is 13.0. The Morgan fingerprint density at radius 2 is 2.29 bits per heavy atom. The highest BCUT2D eigenvalue weighted by molar-refractivity contribution is 7.15. The van der Waals surface area contributed by atoms with Crippen molar-refractivity contribution < 1.29 is 0 Å². The fourth-order valence-corrected chi connectivity index (χ4v) is 4.36. The van der Waals surface area contributed by atoms with Crippen LogP contribution in [0.2, 0.25) is 0 Å². The van der Waals surface area contributed by atoms with Gasteiger partial charge < -0.3 is 10.2 Å². The first-order valence-corrected chi connectivity index (χ1v) is 8.55. The lowest BCUT2D eigenvalue weighted by Gasteiger charge is -2.20. The van der Waals surface area contributed by atoms with Gasteiger partial charge in [-0.2, -0.15) is 0 Å². The van der Waals surface area contributed by atoms with E-state index in [0.717, 1.165) is 18.1 Å². The Bertz CT molecular complexity index is 620. The van der Waals surface area contributed by atoms with E-state index < -0.39 is 0 Å².